The number of nitrogens with zero attached hydrogens (tertiary/aromatic N) is 1. The molecule has 0 aromatic heterocycles. The molecular formula is C50H87NO33. The van der Waals surface area contributed by atoms with Crippen molar-refractivity contribution in [3.05, 3.63) is 0 Å². The standard InChI is InChI=1S/C50H87NO33/c1-18(2)51(10-20(56)6-4-8-73-47-41(71)43(83-49-39(69)35(65)30(60)24(14-54)79-49)32(62)26(81-47)16-75-45-37(67)28(58)19(3)22(12-52)77-45)11-21(57)7-5-9-74-48-42(72)44(84-50-40(70)36(66)31(61)25(15-55)80-50)33(63)27(82-48)17-76-46-38(68)34(64)29(59)23(13-53)78-46/h18-19,22-50,52-55,58-72H,4-17H2,1-3H3/t19-,22-,23-,24-,25-,26-,27-,28+,29-,30-,31-,32-,33-,34+,35+,36+,37+,38+,39+,40+,41+,42+,43+,44+,45+,46+,47+,48+,49-,50-/m1/s1. The van der Waals surface area contributed by atoms with Crippen LogP contribution in [0.3, 0.4) is 0 Å². The van der Waals surface area contributed by atoms with Crippen LogP contribution in [-0.2, 0) is 66.4 Å². The summed E-state index contributed by atoms with van der Waals surface area (Å²) in [5.41, 5.74) is 0. The third-order valence-corrected chi connectivity index (χ3v) is 15.8. The molecule has 6 aliphatic rings. The monoisotopic (exact) mass is 1230 g/mol. The maximum absolute atomic E-state index is 13.3. The molecule has 34 nitrogen and oxygen atoms in total. The van der Waals surface area contributed by atoms with Crippen LogP contribution in [0.15, 0.2) is 0 Å². The van der Waals surface area contributed by atoms with Gasteiger partial charge >= 0.3 is 0 Å². The summed E-state index contributed by atoms with van der Waals surface area (Å²) in [4.78, 5) is 28.3. The van der Waals surface area contributed by atoms with Crippen LogP contribution in [0, 0.1) is 5.92 Å². The minimum atomic E-state index is -1.97. The molecule has 6 aliphatic heterocycles. The molecule has 0 amide bonds. The maximum Gasteiger partial charge on any atom is 0.187 e. The summed E-state index contributed by atoms with van der Waals surface area (Å²) in [6.07, 6.45) is -49.4. The second-order valence-electron chi connectivity index (χ2n) is 22.1. The topological polar surface area (TPSA) is 533 Å². The molecule has 0 bridgehead atoms. The van der Waals surface area contributed by atoms with Crippen LogP contribution in [0.2, 0.25) is 0 Å². The van der Waals surface area contributed by atoms with E-state index in [-0.39, 0.29) is 69.6 Å². The molecule has 0 aromatic carbocycles. The molecule has 0 aliphatic carbocycles. The third kappa shape index (κ3) is 17.3. The fraction of sp³-hybridized carbons (Fsp3) is 0.960. The lowest BCUT2D eigenvalue weighted by atomic mass is 9.91. The number of ether oxygens (including phenoxy) is 12. The lowest BCUT2D eigenvalue weighted by Crippen LogP contribution is -2.65. The predicted molar refractivity (Wildman–Crippen MR) is 268 cm³/mol. The van der Waals surface area contributed by atoms with Gasteiger partial charge in [-0.25, -0.2) is 0 Å². The first kappa shape index (κ1) is 71.1. The van der Waals surface area contributed by atoms with E-state index in [0.717, 1.165) is 0 Å². The highest BCUT2D eigenvalue weighted by atomic mass is 16.8. The minimum absolute atomic E-state index is 0.00582. The lowest BCUT2D eigenvalue weighted by Gasteiger charge is -2.46. The van der Waals surface area contributed by atoms with Crippen LogP contribution in [0.4, 0.5) is 0 Å². The number of carbonyl (C=O) groups is 2. The molecule has 34 heteroatoms. The summed E-state index contributed by atoms with van der Waals surface area (Å²) < 4.78 is 67.7. The van der Waals surface area contributed by atoms with Crippen molar-refractivity contribution in [1.82, 2.24) is 4.90 Å². The van der Waals surface area contributed by atoms with Gasteiger partial charge in [-0.3, -0.25) is 14.5 Å². The number of Topliss-reactive ketones (excluding diaryl/α,β-unsaturated/α-hetero) is 2. The average Bonchev–Trinajstić information content (AvgIpc) is 2.12. The molecular weight excluding hydrogens is 1140 g/mol. The Hall–Kier alpha value is -1.94. The molecule has 0 saturated carbocycles. The molecule has 6 heterocycles. The Morgan fingerprint density at radius 3 is 1.05 bits per heavy atom. The van der Waals surface area contributed by atoms with E-state index in [2.05, 4.69) is 0 Å². The molecule has 0 unspecified atom stereocenters. The number of aliphatic hydroxyl groups is 19. The van der Waals surface area contributed by atoms with E-state index in [1.807, 2.05) is 0 Å². The number of aliphatic hydroxyl groups excluding tert-OH is 19. The van der Waals surface area contributed by atoms with Gasteiger partial charge in [0.15, 0.2) is 37.7 Å². The Balaban J connectivity index is 1.01. The quantitative estimate of drug-likeness (QED) is 0.0309. The number of hydrogen-bond donors (Lipinski definition) is 19. The normalized spacial score (nSPS) is 45.0. The summed E-state index contributed by atoms with van der Waals surface area (Å²) in [7, 11) is 0. The Kier molecular flexibility index (Phi) is 27.7. The molecule has 84 heavy (non-hydrogen) atoms. The van der Waals surface area contributed by atoms with Crippen LogP contribution < -0.4 is 0 Å². The fourth-order valence-electron chi connectivity index (χ4n) is 10.3. The third-order valence-electron chi connectivity index (χ3n) is 15.8. The van der Waals surface area contributed by atoms with Crippen LogP contribution in [0.1, 0.15) is 46.5 Å². The zero-order valence-corrected chi connectivity index (χ0v) is 46.5. The van der Waals surface area contributed by atoms with Gasteiger partial charge in [-0.2, -0.15) is 0 Å². The van der Waals surface area contributed by atoms with Gasteiger partial charge in [-0.05, 0) is 26.7 Å². The summed E-state index contributed by atoms with van der Waals surface area (Å²) in [5, 5.41) is 199. The molecule has 0 aromatic rings. The highest BCUT2D eigenvalue weighted by Crippen LogP contribution is 2.34. The maximum atomic E-state index is 13.3. The summed E-state index contributed by atoms with van der Waals surface area (Å²) in [5.74, 6) is -1.37. The molecule has 19 N–H and O–H groups in total. The van der Waals surface area contributed by atoms with E-state index in [1.54, 1.807) is 18.7 Å². The van der Waals surface area contributed by atoms with Crippen LogP contribution >= 0.6 is 0 Å². The molecule has 490 valence electrons. The smallest absolute Gasteiger partial charge is 0.187 e. The van der Waals surface area contributed by atoms with Gasteiger partial charge in [-0.1, -0.05) is 6.92 Å². The van der Waals surface area contributed by atoms with E-state index in [1.165, 1.54) is 6.92 Å². The van der Waals surface area contributed by atoms with Gasteiger partial charge in [-0.15, -0.1) is 0 Å². The van der Waals surface area contributed by atoms with Crippen molar-refractivity contribution in [1.29, 1.82) is 0 Å². The van der Waals surface area contributed by atoms with Crippen molar-refractivity contribution in [2.45, 2.75) is 231 Å². The highest BCUT2D eigenvalue weighted by Gasteiger charge is 2.54. The zero-order chi connectivity index (χ0) is 62.0. The van der Waals surface area contributed by atoms with Gasteiger partial charge in [0.2, 0.25) is 0 Å². The predicted octanol–water partition coefficient (Wildman–Crippen LogP) is -11.4. The molecule has 6 rings (SSSR count). The Morgan fingerprint density at radius 1 is 0.381 bits per heavy atom. The van der Waals surface area contributed by atoms with E-state index in [9.17, 15) is 107 Å². The highest BCUT2D eigenvalue weighted by molar-refractivity contribution is 5.83. The van der Waals surface area contributed by atoms with E-state index in [0.29, 0.717) is 0 Å². The summed E-state index contributed by atoms with van der Waals surface area (Å²) in [6, 6.07) is -0.330. The van der Waals surface area contributed by atoms with Crippen molar-refractivity contribution in [2.75, 3.05) is 65.9 Å². The van der Waals surface area contributed by atoms with Crippen molar-refractivity contribution < 1.29 is 163 Å². The van der Waals surface area contributed by atoms with Gasteiger partial charge in [0.25, 0.3) is 0 Å². The van der Waals surface area contributed by atoms with Crippen molar-refractivity contribution in [2.24, 2.45) is 5.92 Å². The lowest BCUT2D eigenvalue weighted by molar-refractivity contribution is -0.366. The van der Waals surface area contributed by atoms with E-state index in [4.69, 9.17) is 56.8 Å². The van der Waals surface area contributed by atoms with Crippen LogP contribution in [0.5, 0.6) is 0 Å². The van der Waals surface area contributed by atoms with Crippen molar-refractivity contribution >= 4 is 11.6 Å². The second kappa shape index (κ2) is 32.7. The average molecular weight is 1230 g/mol. The second-order valence-corrected chi connectivity index (χ2v) is 22.1. The van der Waals surface area contributed by atoms with Crippen molar-refractivity contribution in [3.63, 3.8) is 0 Å². The Bertz CT molecular complexity index is 1830. The van der Waals surface area contributed by atoms with Gasteiger partial charge in [0, 0.05) is 24.8 Å². The molecule has 0 spiro atoms. The first-order valence-electron chi connectivity index (χ1n) is 27.9. The molecule has 6 saturated heterocycles. The van der Waals surface area contributed by atoms with E-state index < -0.39 is 224 Å². The number of carbonyl (C=O) groups excluding carboxylic acids is 2. The Labute approximate surface area is 481 Å². The van der Waals surface area contributed by atoms with Gasteiger partial charge < -0.3 is 154 Å². The zero-order valence-electron chi connectivity index (χ0n) is 46.5. The fourth-order valence-corrected chi connectivity index (χ4v) is 10.3. The molecule has 0 radical (unpaired) electrons. The first-order chi connectivity index (χ1) is 39.8. The first-order valence-corrected chi connectivity index (χ1v) is 27.9. The van der Waals surface area contributed by atoms with Gasteiger partial charge in [0.05, 0.1) is 78.2 Å². The minimum Gasteiger partial charge on any atom is -0.394 e. The SMILES string of the molecule is CC(C)N(CC(=O)CCCO[C@H]1O[C@H](CO[C@H]2O[C@H](CO)[C@@H](O)[C@H](O)[C@@H]2O)[C@@H](O)[C@H](O[C@H]2O[C@H](CO)[C@@H](O)[C@H](O)[C@@H]2O)[C@@H]1O)CC(=O)CCCO[C@H]1O[C@H](CO[C@H]2O[C@H](CO)[C@@H](C)[C@H](O)[C@@H]2O)[C@@H](O)[C@H](O[C@H]2O[C@H](CO)[C@@H](O)[C@H](O)[C@@H]2O)[C@@H]1O. The van der Waals surface area contributed by atoms with E-state index >= 15 is 0 Å². The molecule has 6 fully saturated rings. The summed E-state index contributed by atoms with van der Waals surface area (Å²) >= 11 is 0. The number of hydrogen-bond acceptors (Lipinski definition) is 34. The van der Waals surface area contributed by atoms with Gasteiger partial charge in [0.1, 0.15) is 140 Å². The Morgan fingerprint density at radius 2 is 0.690 bits per heavy atom. The molecule has 30 atom stereocenters. The number of rotatable bonds is 29. The van der Waals surface area contributed by atoms with Crippen LogP contribution in [-0.4, -0.2) is 364 Å². The number of ketones is 2. The van der Waals surface area contributed by atoms with Crippen molar-refractivity contribution in [3.8, 4) is 0 Å². The largest absolute Gasteiger partial charge is 0.394 e. The summed E-state index contributed by atoms with van der Waals surface area (Å²) in [6.45, 7) is -0.213. The van der Waals surface area contributed by atoms with Crippen LogP contribution in [0.25, 0.3) is 0 Å².